The van der Waals surface area contributed by atoms with Crippen molar-refractivity contribution in [3.05, 3.63) is 29.6 Å². The second kappa shape index (κ2) is 13.1. The highest BCUT2D eigenvalue weighted by atomic mass is 35.5. The van der Waals surface area contributed by atoms with E-state index in [0.29, 0.717) is 39.3 Å². The Hall–Kier alpha value is -1.12. The molecule has 1 amide bonds. The van der Waals surface area contributed by atoms with Crippen molar-refractivity contribution < 1.29 is 18.7 Å². The number of nitrogens with one attached hydrogen (secondary N) is 1. The molecule has 0 unspecified atom stereocenters. The molecule has 1 aromatic rings. The van der Waals surface area contributed by atoms with E-state index in [4.69, 9.17) is 9.47 Å². The molecule has 1 aromatic carbocycles. The molecule has 1 saturated heterocycles. The third-order valence-corrected chi connectivity index (χ3v) is 4.11. The standard InChI is InChI=1S/C17H26FN3O3.2ClH/c1-23-10-5-19-12-17(22)21-8-6-20(7-9-21)13-14-3-4-16(24-2)15(18)11-14;;/h3-4,11,19H,5-10,12-13H2,1-2H3;2*1H. The molecule has 0 aromatic heterocycles. The molecule has 2 rings (SSSR count). The quantitative estimate of drug-likeness (QED) is 0.657. The topological polar surface area (TPSA) is 54.0 Å². The minimum atomic E-state index is -0.342. The van der Waals surface area contributed by atoms with Crippen LogP contribution in [0.25, 0.3) is 0 Å². The van der Waals surface area contributed by atoms with Crippen LogP contribution in [0, 0.1) is 5.82 Å². The first-order valence-electron chi connectivity index (χ1n) is 8.16. The van der Waals surface area contributed by atoms with E-state index in [0.717, 1.165) is 18.7 Å². The van der Waals surface area contributed by atoms with Gasteiger partial charge >= 0.3 is 0 Å². The molecule has 1 fully saturated rings. The van der Waals surface area contributed by atoms with Gasteiger partial charge in [0.1, 0.15) is 0 Å². The van der Waals surface area contributed by atoms with E-state index >= 15 is 0 Å². The highest BCUT2D eigenvalue weighted by Gasteiger charge is 2.21. The molecular weight excluding hydrogens is 384 g/mol. The van der Waals surface area contributed by atoms with Crippen molar-refractivity contribution in [3.63, 3.8) is 0 Å². The lowest BCUT2D eigenvalue weighted by Gasteiger charge is -2.34. The lowest BCUT2D eigenvalue weighted by Crippen LogP contribution is -2.50. The van der Waals surface area contributed by atoms with E-state index in [1.54, 1.807) is 13.2 Å². The summed E-state index contributed by atoms with van der Waals surface area (Å²) >= 11 is 0. The first-order chi connectivity index (χ1) is 11.6. The number of carbonyl (C=O) groups is 1. The highest BCUT2D eigenvalue weighted by Crippen LogP contribution is 2.19. The number of ether oxygens (including phenoxy) is 2. The van der Waals surface area contributed by atoms with Crippen LogP contribution in [-0.2, 0) is 16.1 Å². The third-order valence-electron chi connectivity index (χ3n) is 4.11. The molecule has 26 heavy (non-hydrogen) atoms. The normalized spacial score (nSPS) is 14.3. The van der Waals surface area contributed by atoms with Gasteiger partial charge in [-0.05, 0) is 17.7 Å². The zero-order valence-electron chi connectivity index (χ0n) is 15.2. The largest absolute Gasteiger partial charge is 0.494 e. The predicted octanol–water partition coefficient (Wildman–Crippen LogP) is 1.56. The molecule has 0 radical (unpaired) electrons. The number of halogens is 3. The second-order valence-corrected chi connectivity index (χ2v) is 5.80. The Morgan fingerprint density at radius 3 is 2.46 bits per heavy atom. The smallest absolute Gasteiger partial charge is 0.236 e. The Morgan fingerprint density at radius 2 is 1.88 bits per heavy atom. The molecule has 150 valence electrons. The van der Waals surface area contributed by atoms with Crippen molar-refractivity contribution in [1.82, 2.24) is 15.1 Å². The zero-order chi connectivity index (χ0) is 17.4. The SMILES string of the molecule is COCCNCC(=O)N1CCN(Cc2ccc(OC)c(F)c2)CC1.Cl.Cl. The number of rotatable bonds is 8. The highest BCUT2D eigenvalue weighted by molar-refractivity contribution is 5.85. The van der Waals surface area contributed by atoms with Crippen molar-refractivity contribution >= 4 is 30.7 Å². The van der Waals surface area contributed by atoms with Gasteiger partial charge in [-0.15, -0.1) is 24.8 Å². The van der Waals surface area contributed by atoms with Gasteiger partial charge in [0.25, 0.3) is 0 Å². The Kier molecular flexibility index (Phi) is 12.5. The van der Waals surface area contributed by atoms with Gasteiger partial charge in [0, 0.05) is 46.4 Å². The van der Waals surface area contributed by atoms with Crippen molar-refractivity contribution in [1.29, 1.82) is 0 Å². The van der Waals surface area contributed by atoms with Gasteiger partial charge in [-0.2, -0.15) is 0 Å². The summed E-state index contributed by atoms with van der Waals surface area (Å²) in [7, 11) is 3.09. The monoisotopic (exact) mass is 411 g/mol. The van der Waals surface area contributed by atoms with Gasteiger partial charge in [-0.3, -0.25) is 9.69 Å². The van der Waals surface area contributed by atoms with Crippen LogP contribution in [0.5, 0.6) is 5.75 Å². The van der Waals surface area contributed by atoms with Crippen LogP contribution in [0.4, 0.5) is 4.39 Å². The fourth-order valence-corrected chi connectivity index (χ4v) is 2.70. The second-order valence-electron chi connectivity index (χ2n) is 5.80. The molecule has 1 aliphatic heterocycles. The van der Waals surface area contributed by atoms with Gasteiger partial charge < -0.3 is 19.7 Å². The van der Waals surface area contributed by atoms with E-state index in [-0.39, 0.29) is 42.3 Å². The van der Waals surface area contributed by atoms with Gasteiger partial charge in [-0.25, -0.2) is 4.39 Å². The van der Waals surface area contributed by atoms with Crippen LogP contribution in [0.15, 0.2) is 18.2 Å². The van der Waals surface area contributed by atoms with Crippen molar-refractivity contribution in [2.24, 2.45) is 0 Å². The maximum Gasteiger partial charge on any atom is 0.236 e. The van der Waals surface area contributed by atoms with E-state index in [1.807, 2.05) is 11.0 Å². The maximum atomic E-state index is 13.7. The Balaban J connectivity index is 0.00000312. The Bertz CT molecular complexity index is 544. The minimum absolute atomic E-state index is 0. The summed E-state index contributed by atoms with van der Waals surface area (Å²) < 4.78 is 23.6. The summed E-state index contributed by atoms with van der Waals surface area (Å²) in [4.78, 5) is 16.2. The fourth-order valence-electron chi connectivity index (χ4n) is 2.70. The first-order valence-corrected chi connectivity index (χ1v) is 8.16. The van der Waals surface area contributed by atoms with Crippen LogP contribution in [0.3, 0.4) is 0 Å². The molecular formula is C17H28Cl2FN3O3. The summed E-state index contributed by atoms with van der Waals surface area (Å²) in [6.45, 7) is 5.26. The molecule has 6 nitrogen and oxygen atoms in total. The van der Waals surface area contributed by atoms with Gasteiger partial charge in [0.2, 0.25) is 5.91 Å². The Morgan fingerprint density at radius 1 is 1.19 bits per heavy atom. The van der Waals surface area contributed by atoms with Crippen molar-refractivity contribution in [2.75, 3.05) is 60.1 Å². The first kappa shape index (κ1) is 24.9. The number of piperazine rings is 1. The number of hydrogen-bond donors (Lipinski definition) is 1. The van der Waals surface area contributed by atoms with Crippen LogP contribution < -0.4 is 10.1 Å². The van der Waals surface area contributed by atoms with Gasteiger partial charge in [0.15, 0.2) is 11.6 Å². The van der Waals surface area contributed by atoms with Crippen molar-refractivity contribution in [2.45, 2.75) is 6.54 Å². The molecule has 1 aliphatic rings. The molecule has 9 heteroatoms. The summed E-state index contributed by atoms with van der Waals surface area (Å²) in [5.74, 6) is 0.0299. The number of methoxy groups -OCH3 is 2. The summed E-state index contributed by atoms with van der Waals surface area (Å²) in [5.41, 5.74) is 0.911. The molecule has 0 saturated carbocycles. The van der Waals surface area contributed by atoms with Crippen LogP contribution in [0.2, 0.25) is 0 Å². The van der Waals surface area contributed by atoms with Crippen molar-refractivity contribution in [3.8, 4) is 5.75 Å². The van der Waals surface area contributed by atoms with Crippen LogP contribution >= 0.6 is 24.8 Å². The number of nitrogens with zero attached hydrogens (tertiary/aromatic N) is 2. The molecule has 0 spiro atoms. The van der Waals surface area contributed by atoms with E-state index in [9.17, 15) is 9.18 Å². The summed E-state index contributed by atoms with van der Waals surface area (Å²) in [5, 5.41) is 3.07. The summed E-state index contributed by atoms with van der Waals surface area (Å²) in [6.07, 6.45) is 0. The lowest BCUT2D eigenvalue weighted by molar-refractivity contribution is -0.132. The third kappa shape index (κ3) is 7.63. The van der Waals surface area contributed by atoms with Gasteiger partial charge in [-0.1, -0.05) is 6.07 Å². The van der Waals surface area contributed by atoms with Gasteiger partial charge in [0.05, 0.1) is 20.3 Å². The molecule has 0 atom stereocenters. The lowest BCUT2D eigenvalue weighted by atomic mass is 10.2. The van der Waals surface area contributed by atoms with E-state index in [2.05, 4.69) is 10.2 Å². The molecule has 0 bridgehead atoms. The predicted molar refractivity (Wildman–Crippen MR) is 104 cm³/mol. The zero-order valence-corrected chi connectivity index (χ0v) is 16.8. The number of carbonyl (C=O) groups excluding carboxylic acids is 1. The van der Waals surface area contributed by atoms with E-state index < -0.39 is 0 Å². The minimum Gasteiger partial charge on any atom is -0.494 e. The average molecular weight is 412 g/mol. The van der Waals surface area contributed by atoms with Crippen LogP contribution in [-0.4, -0.2) is 75.8 Å². The fraction of sp³-hybridized carbons (Fsp3) is 0.588. The average Bonchev–Trinajstić information content (AvgIpc) is 2.59. The molecule has 1 heterocycles. The molecule has 1 N–H and O–H groups in total. The number of hydrogen-bond acceptors (Lipinski definition) is 5. The Labute approximate surface area is 166 Å². The van der Waals surface area contributed by atoms with Crippen LogP contribution in [0.1, 0.15) is 5.56 Å². The molecule has 0 aliphatic carbocycles. The number of amides is 1. The maximum absolute atomic E-state index is 13.7. The number of benzene rings is 1. The van der Waals surface area contributed by atoms with E-state index in [1.165, 1.54) is 13.2 Å². The summed E-state index contributed by atoms with van der Waals surface area (Å²) in [6, 6.07) is 5.03.